The monoisotopic (exact) mass is 342 g/mol. The number of benzene rings is 1. The molecule has 0 heterocycles. The number of rotatable bonds is 9. The lowest BCUT2D eigenvalue weighted by molar-refractivity contribution is 0.328. The Bertz CT molecular complexity index is 337. The Hall–Kier alpha value is -2.16. The lowest BCUT2D eigenvalue weighted by atomic mass is 10.3. The molecule has 0 fully saturated rings. The molecule has 0 spiro atoms. The molecule has 0 N–H and O–H groups in total. The SMILES string of the molecule is C.C.C.C.C.C.C=CCOc1cc(OCC=C)cc(OCC=C)c1. The van der Waals surface area contributed by atoms with E-state index >= 15 is 0 Å². The topological polar surface area (TPSA) is 27.7 Å². The average molecular weight is 343 g/mol. The molecule has 3 heteroatoms. The molecular weight excluding hydrogens is 300 g/mol. The molecule has 1 rings (SSSR count). The van der Waals surface area contributed by atoms with Gasteiger partial charge in [-0.25, -0.2) is 0 Å². The van der Waals surface area contributed by atoms with E-state index in [2.05, 4.69) is 19.7 Å². The van der Waals surface area contributed by atoms with Crippen LogP contribution in [0.4, 0.5) is 0 Å². The van der Waals surface area contributed by atoms with Gasteiger partial charge in [-0.3, -0.25) is 0 Å². The van der Waals surface area contributed by atoms with Crippen molar-refractivity contribution >= 4 is 0 Å². The quantitative estimate of drug-likeness (QED) is 0.444. The largest absolute Gasteiger partial charge is 0.489 e. The lowest BCUT2D eigenvalue weighted by Gasteiger charge is -2.11. The Morgan fingerprint density at radius 2 is 0.750 bits per heavy atom. The van der Waals surface area contributed by atoms with Crippen LogP contribution in [-0.2, 0) is 0 Å². The number of hydrogen-bond donors (Lipinski definition) is 0. The Morgan fingerprint density at radius 1 is 0.542 bits per heavy atom. The molecule has 0 bridgehead atoms. The first-order valence-electron chi connectivity index (χ1n) is 5.66. The molecule has 0 radical (unpaired) electrons. The highest BCUT2D eigenvalue weighted by atomic mass is 16.5. The van der Waals surface area contributed by atoms with Gasteiger partial charge in [0.25, 0.3) is 0 Å². The highest BCUT2D eigenvalue weighted by molar-refractivity contribution is 5.42. The van der Waals surface area contributed by atoms with E-state index in [9.17, 15) is 0 Å². The van der Waals surface area contributed by atoms with Crippen molar-refractivity contribution in [2.24, 2.45) is 0 Å². The van der Waals surface area contributed by atoms with Gasteiger partial charge < -0.3 is 14.2 Å². The van der Waals surface area contributed by atoms with Crippen LogP contribution >= 0.6 is 0 Å². The Kier molecular flexibility index (Phi) is 36.4. The van der Waals surface area contributed by atoms with Gasteiger partial charge in [-0.1, -0.05) is 82.5 Å². The molecule has 0 saturated heterocycles. The summed E-state index contributed by atoms with van der Waals surface area (Å²) in [4.78, 5) is 0. The molecule has 0 atom stereocenters. The van der Waals surface area contributed by atoms with Crippen molar-refractivity contribution in [1.29, 1.82) is 0 Å². The van der Waals surface area contributed by atoms with Crippen LogP contribution in [-0.4, -0.2) is 19.8 Å². The second kappa shape index (κ2) is 23.1. The van der Waals surface area contributed by atoms with Gasteiger partial charge in [0.05, 0.1) is 0 Å². The molecule has 0 saturated carbocycles. The third-order valence-electron chi connectivity index (χ3n) is 1.96. The minimum Gasteiger partial charge on any atom is -0.489 e. The van der Waals surface area contributed by atoms with Gasteiger partial charge in [0.2, 0.25) is 0 Å². The fourth-order valence-corrected chi connectivity index (χ4v) is 1.26. The Balaban J connectivity index is -0.000000135. The molecule has 0 aromatic heterocycles. The molecule has 1 aromatic rings. The average Bonchev–Trinajstić information content (AvgIpc) is 2.40. The molecule has 144 valence electrons. The van der Waals surface area contributed by atoms with Crippen LogP contribution in [0.15, 0.2) is 56.2 Å². The standard InChI is InChI=1S/C15H18O3.6CH4/c1-4-7-16-13-10-14(17-8-5-2)12-15(11-13)18-9-6-3;;;;;;/h4-6,10-12H,1-3,7-9H2;6*1H4. The summed E-state index contributed by atoms with van der Waals surface area (Å²) in [7, 11) is 0. The van der Waals surface area contributed by atoms with Crippen LogP contribution in [0.5, 0.6) is 17.2 Å². The molecule has 0 unspecified atom stereocenters. The van der Waals surface area contributed by atoms with Crippen LogP contribution in [0.25, 0.3) is 0 Å². The first-order chi connectivity index (χ1) is 8.80. The summed E-state index contributed by atoms with van der Waals surface area (Å²) in [6.07, 6.45) is 5.05. The van der Waals surface area contributed by atoms with E-state index < -0.39 is 0 Å². The minimum atomic E-state index is 0. The van der Waals surface area contributed by atoms with E-state index in [0.29, 0.717) is 37.1 Å². The molecule has 0 aliphatic heterocycles. The first kappa shape index (κ1) is 37.8. The van der Waals surface area contributed by atoms with Gasteiger partial charge in [0, 0.05) is 18.2 Å². The Morgan fingerprint density at radius 3 is 0.917 bits per heavy atom. The van der Waals surface area contributed by atoms with Gasteiger partial charge >= 0.3 is 0 Å². The summed E-state index contributed by atoms with van der Waals surface area (Å²) in [5.74, 6) is 2.03. The third-order valence-corrected chi connectivity index (χ3v) is 1.96. The number of ether oxygens (including phenoxy) is 3. The predicted octanol–water partition coefficient (Wildman–Crippen LogP) is 7.20. The summed E-state index contributed by atoms with van der Waals surface area (Å²) in [6.45, 7) is 12.1. The zero-order valence-electron chi connectivity index (χ0n) is 10.4. The summed E-state index contributed by atoms with van der Waals surface area (Å²) >= 11 is 0. The van der Waals surface area contributed by atoms with Gasteiger partial charge in [-0.15, -0.1) is 0 Å². The summed E-state index contributed by atoms with van der Waals surface area (Å²) in [5.41, 5.74) is 0. The summed E-state index contributed by atoms with van der Waals surface area (Å²) in [6, 6.07) is 5.40. The van der Waals surface area contributed by atoms with Crippen molar-refractivity contribution in [3.8, 4) is 17.2 Å². The molecule has 1 aromatic carbocycles. The van der Waals surface area contributed by atoms with E-state index in [1.165, 1.54) is 0 Å². The van der Waals surface area contributed by atoms with Gasteiger partial charge in [-0.05, 0) is 0 Å². The molecule has 0 aliphatic rings. The zero-order valence-corrected chi connectivity index (χ0v) is 10.4. The van der Waals surface area contributed by atoms with E-state index in [4.69, 9.17) is 14.2 Å². The van der Waals surface area contributed by atoms with Crippen molar-refractivity contribution in [1.82, 2.24) is 0 Å². The van der Waals surface area contributed by atoms with Crippen LogP contribution in [0.1, 0.15) is 44.6 Å². The van der Waals surface area contributed by atoms with Crippen LogP contribution in [0.3, 0.4) is 0 Å². The van der Waals surface area contributed by atoms with Crippen LogP contribution in [0.2, 0.25) is 0 Å². The molecule has 0 amide bonds. The van der Waals surface area contributed by atoms with E-state index in [-0.39, 0.29) is 44.6 Å². The van der Waals surface area contributed by atoms with Crippen molar-refractivity contribution in [2.45, 2.75) is 44.6 Å². The zero-order chi connectivity index (χ0) is 13.2. The molecular formula is C21H42O3. The van der Waals surface area contributed by atoms with Crippen molar-refractivity contribution in [3.63, 3.8) is 0 Å². The minimum absolute atomic E-state index is 0. The fourth-order valence-electron chi connectivity index (χ4n) is 1.26. The molecule has 0 aliphatic carbocycles. The number of hydrogen-bond acceptors (Lipinski definition) is 3. The normalized spacial score (nSPS) is 7.00. The highest BCUT2D eigenvalue weighted by Crippen LogP contribution is 2.28. The Labute approximate surface area is 152 Å². The van der Waals surface area contributed by atoms with Gasteiger partial charge in [0.15, 0.2) is 0 Å². The smallest absolute Gasteiger partial charge is 0.127 e. The molecule has 3 nitrogen and oxygen atoms in total. The molecule has 24 heavy (non-hydrogen) atoms. The fraction of sp³-hybridized carbons (Fsp3) is 0.429. The van der Waals surface area contributed by atoms with Crippen molar-refractivity contribution < 1.29 is 14.2 Å². The maximum atomic E-state index is 5.47. The van der Waals surface area contributed by atoms with E-state index in [0.717, 1.165) is 0 Å². The predicted molar refractivity (Wildman–Crippen MR) is 114 cm³/mol. The maximum absolute atomic E-state index is 5.47. The lowest BCUT2D eigenvalue weighted by Crippen LogP contribution is -1.99. The van der Waals surface area contributed by atoms with E-state index in [1.54, 1.807) is 36.4 Å². The second-order valence-electron chi connectivity index (χ2n) is 3.44. The van der Waals surface area contributed by atoms with Crippen molar-refractivity contribution in [3.05, 3.63) is 56.2 Å². The third kappa shape index (κ3) is 14.8. The van der Waals surface area contributed by atoms with Crippen LogP contribution in [0, 0.1) is 0 Å². The maximum Gasteiger partial charge on any atom is 0.127 e. The second-order valence-corrected chi connectivity index (χ2v) is 3.44. The van der Waals surface area contributed by atoms with Gasteiger partial charge in [-0.2, -0.15) is 0 Å². The van der Waals surface area contributed by atoms with E-state index in [1.807, 2.05) is 0 Å². The summed E-state index contributed by atoms with van der Waals surface area (Å²) in [5, 5.41) is 0. The van der Waals surface area contributed by atoms with Crippen LogP contribution < -0.4 is 14.2 Å². The highest BCUT2D eigenvalue weighted by Gasteiger charge is 2.03. The first-order valence-corrected chi connectivity index (χ1v) is 5.66. The van der Waals surface area contributed by atoms with Crippen molar-refractivity contribution in [2.75, 3.05) is 19.8 Å². The van der Waals surface area contributed by atoms with Gasteiger partial charge in [0.1, 0.15) is 37.1 Å². The summed E-state index contributed by atoms with van der Waals surface area (Å²) < 4.78 is 16.4.